The molecule has 3 rings (SSSR count). The van der Waals surface area contributed by atoms with Crippen molar-refractivity contribution in [1.82, 2.24) is 14.9 Å². The summed E-state index contributed by atoms with van der Waals surface area (Å²) >= 11 is 0. The molecule has 0 aromatic carbocycles. The monoisotopic (exact) mass is 288 g/mol. The quantitative estimate of drug-likeness (QED) is 0.909. The Morgan fingerprint density at radius 3 is 2.95 bits per heavy atom. The molecule has 7 nitrogen and oxygen atoms in total. The number of nitrogens with zero attached hydrogens (tertiary/aromatic N) is 3. The first kappa shape index (κ1) is 13.6. The zero-order valence-electron chi connectivity index (χ0n) is 11.5. The molecule has 0 atom stereocenters. The molecule has 7 heteroatoms. The molecule has 2 aromatic rings. The van der Waals surface area contributed by atoms with Crippen LogP contribution < -0.4 is 5.32 Å². The summed E-state index contributed by atoms with van der Waals surface area (Å²) in [6.45, 7) is 2.84. The molecule has 2 aromatic heterocycles. The first-order chi connectivity index (χ1) is 10.3. The Bertz CT molecular complexity index is 594. The van der Waals surface area contributed by atoms with Gasteiger partial charge in [0.05, 0.1) is 26.0 Å². The van der Waals surface area contributed by atoms with E-state index >= 15 is 0 Å². The van der Waals surface area contributed by atoms with Gasteiger partial charge in [-0.05, 0) is 12.1 Å². The summed E-state index contributed by atoms with van der Waals surface area (Å²) in [5.41, 5.74) is 0.383. The van der Waals surface area contributed by atoms with Crippen molar-refractivity contribution in [2.24, 2.45) is 0 Å². The van der Waals surface area contributed by atoms with Crippen LogP contribution in [0.25, 0.3) is 0 Å². The summed E-state index contributed by atoms with van der Waals surface area (Å²) in [5, 5.41) is 3.10. The number of rotatable bonds is 4. The topological polar surface area (TPSA) is 80.5 Å². The van der Waals surface area contributed by atoms with Gasteiger partial charge in [0, 0.05) is 19.2 Å². The number of carbonyl (C=O) groups is 1. The lowest BCUT2D eigenvalue weighted by Crippen LogP contribution is -2.41. The van der Waals surface area contributed by atoms with Crippen LogP contribution in [0.3, 0.4) is 0 Å². The number of anilines is 1. The SMILES string of the molecule is O=C(c1cc(NCc2ccco2)ncn1)N1CCOCC1. The van der Waals surface area contributed by atoms with Crippen LogP contribution in [-0.2, 0) is 11.3 Å². The third-order valence-electron chi connectivity index (χ3n) is 3.21. The smallest absolute Gasteiger partial charge is 0.272 e. The number of amides is 1. The highest BCUT2D eigenvalue weighted by molar-refractivity contribution is 5.92. The van der Waals surface area contributed by atoms with Gasteiger partial charge in [0.1, 0.15) is 23.6 Å². The van der Waals surface area contributed by atoms with Gasteiger partial charge in [0.15, 0.2) is 0 Å². The van der Waals surface area contributed by atoms with Gasteiger partial charge in [-0.15, -0.1) is 0 Å². The van der Waals surface area contributed by atoms with Crippen molar-refractivity contribution < 1.29 is 13.9 Å². The maximum Gasteiger partial charge on any atom is 0.272 e. The average molecular weight is 288 g/mol. The molecule has 1 aliphatic rings. The van der Waals surface area contributed by atoms with Gasteiger partial charge < -0.3 is 19.4 Å². The van der Waals surface area contributed by atoms with E-state index in [1.54, 1.807) is 17.2 Å². The Kier molecular flexibility index (Phi) is 4.11. The van der Waals surface area contributed by atoms with E-state index in [9.17, 15) is 4.79 Å². The molecule has 0 bridgehead atoms. The van der Waals surface area contributed by atoms with E-state index in [2.05, 4.69) is 15.3 Å². The van der Waals surface area contributed by atoms with Gasteiger partial charge in [-0.3, -0.25) is 4.79 Å². The first-order valence-electron chi connectivity index (χ1n) is 6.78. The zero-order chi connectivity index (χ0) is 14.5. The second kappa shape index (κ2) is 6.36. The van der Waals surface area contributed by atoms with Crippen LogP contribution in [-0.4, -0.2) is 47.1 Å². The summed E-state index contributed by atoms with van der Waals surface area (Å²) in [5.74, 6) is 1.30. The molecule has 1 saturated heterocycles. The van der Waals surface area contributed by atoms with Gasteiger partial charge in [0.25, 0.3) is 5.91 Å². The Morgan fingerprint density at radius 1 is 1.33 bits per heavy atom. The molecule has 0 saturated carbocycles. The number of nitrogens with one attached hydrogen (secondary N) is 1. The van der Waals surface area contributed by atoms with Crippen LogP contribution in [0, 0.1) is 0 Å². The minimum Gasteiger partial charge on any atom is -0.467 e. The highest BCUT2D eigenvalue weighted by Crippen LogP contribution is 2.10. The molecule has 0 aliphatic carbocycles. The maximum absolute atomic E-state index is 12.3. The minimum atomic E-state index is -0.0956. The van der Waals surface area contributed by atoms with Crippen LogP contribution in [0.15, 0.2) is 35.2 Å². The third kappa shape index (κ3) is 3.38. The molecular formula is C14H16N4O3. The van der Waals surface area contributed by atoms with Gasteiger partial charge in [-0.2, -0.15) is 0 Å². The zero-order valence-corrected chi connectivity index (χ0v) is 11.5. The summed E-state index contributed by atoms with van der Waals surface area (Å²) in [4.78, 5) is 22.2. The number of hydrogen-bond acceptors (Lipinski definition) is 6. The standard InChI is InChI=1S/C14H16N4O3/c19-14(18-3-6-20-7-4-18)12-8-13(17-10-16-12)15-9-11-2-1-5-21-11/h1-2,5,8,10H,3-4,6-7,9H2,(H,15,16,17). The molecule has 110 valence electrons. The largest absolute Gasteiger partial charge is 0.467 e. The van der Waals surface area contributed by atoms with E-state index in [0.717, 1.165) is 5.76 Å². The van der Waals surface area contributed by atoms with Gasteiger partial charge in [-0.25, -0.2) is 9.97 Å². The molecule has 1 fully saturated rings. The number of furan rings is 1. The third-order valence-corrected chi connectivity index (χ3v) is 3.21. The van der Waals surface area contributed by atoms with Crippen molar-refractivity contribution in [2.75, 3.05) is 31.6 Å². The fraction of sp³-hybridized carbons (Fsp3) is 0.357. The molecule has 21 heavy (non-hydrogen) atoms. The van der Waals surface area contributed by atoms with Crippen molar-refractivity contribution in [3.05, 3.63) is 42.2 Å². The van der Waals surface area contributed by atoms with Crippen molar-refractivity contribution in [3.8, 4) is 0 Å². The predicted molar refractivity (Wildman–Crippen MR) is 74.8 cm³/mol. The van der Waals surface area contributed by atoms with Gasteiger partial charge in [0.2, 0.25) is 0 Å². The Labute approximate surface area is 121 Å². The lowest BCUT2D eigenvalue weighted by molar-refractivity contribution is 0.0299. The Morgan fingerprint density at radius 2 is 2.19 bits per heavy atom. The normalized spacial score (nSPS) is 15.0. The molecule has 1 aliphatic heterocycles. The molecule has 3 heterocycles. The van der Waals surface area contributed by atoms with E-state index in [1.165, 1.54) is 6.33 Å². The highest BCUT2D eigenvalue weighted by Gasteiger charge is 2.19. The molecule has 0 radical (unpaired) electrons. The lowest BCUT2D eigenvalue weighted by atomic mass is 10.3. The molecule has 1 amide bonds. The van der Waals surface area contributed by atoms with Gasteiger partial charge >= 0.3 is 0 Å². The number of ether oxygens (including phenoxy) is 1. The van der Waals surface area contributed by atoms with Crippen LogP contribution in [0.5, 0.6) is 0 Å². The van der Waals surface area contributed by atoms with E-state index in [1.807, 2.05) is 12.1 Å². The van der Waals surface area contributed by atoms with Gasteiger partial charge in [-0.1, -0.05) is 0 Å². The summed E-state index contributed by atoms with van der Waals surface area (Å²) in [7, 11) is 0. The van der Waals surface area contributed by atoms with Crippen molar-refractivity contribution in [3.63, 3.8) is 0 Å². The van der Waals surface area contributed by atoms with Crippen LogP contribution in [0.2, 0.25) is 0 Å². The van der Waals surface area contributed by atoms with Crippen molar-refractivity contribution >= 4 is 11.7 Å². The van der Waals surface area contributed by atoms with Crippen molar-refractivity contribution in [2.45, 2.75) is 6.54 Å². The average Bonchev–Trinajstić information content (AvgIpc) is 3.07. The molecule has 0 unspecified atom stereocenters. The van der Waals surface area contributed by atoms with Crippen LogP contribution >= 0.6 is 0 Å². The fourth-order valence-corrected chi connectivity index (χ4v) is 2.09. The summed E-state index contributed by atoms with van der Waals surface area (Å²) < 4.78 is 10.5. The minimum absolute atomic E-state index is 0.0956. The number of aromatic nitrogens is 2. The van der Waals surface area contributed by atoms with Crippen LogP contribution in [0.4, 0.5) is 5.82 Å². The number of carbonyl (C=O) groups excluding carboxylic acids is 1. The molecular weight excluding hydrogens is 272 g/mol. The second-order valence-corrected chi connectivity index (χ2v) is 4.63. The van der Waals surface area contributed by atoms with E-state index in [4.69, 9.17) is 9.15 Å². The summed E-state index contributed by atoms with van der Waals surface area (Å²) in [6.07, 6.45) is 3.00. The van der Waals surface area contributed by atoms with Crippen LogP contribution in [0.1, 0.15) is 16.2 Å². The van der Waals surface area contributed by atoms with E-state index < -0.39 is 0 Å². The fourth-order valence-electron chi connectivity index (χ4n) is 2.09. The summed E-state index contributed by atoms with van der Waals surface area (Å²) in [6, 6.07) is 5.35. The number of morpholine rings is 1. The Hall–Kier alpha value is -2.41. The first-order valence-corrected chi connectivity index (χ1v) is 6.78. The Balaban J connectivity index is 1.66. The lowest BCUT2D eigenvalue weighted by Gasteiger charge is -2.26. The van der Waals surface area contributed by atoms with E-state index in [-0.39, 0.29) is 5.91 Å². The predicted octanol–water partition coefficient (Wildman–Crippen LogP) is 1.15. The highest BCUT2D eigenvalue weighted by atomic mass is 16.5. The maximum atomic E-state index is 12.3. The molecule has 0 spiro atoms. The molecule has 1 N–H and O–H groups in total. The second-order valence-electron chi connectivity index (χ2n) is 4.63. The van der Waals surface area contributed by atoms with Crippen molar-refractivity contribution in [1.29, 1.82) is 0 Å². The van der Waals surface area contributed by atoms with E-state index in [0.29, 0.717) is 44.4 Å². The number of hydrogen-bond donors (Lipinski definition) is 1.